The van der Waals surface area contributed by atoms with E-state index in [1.54, 1.807) is 0 Å². The summed E-state index contributed by atoms with van der Waals surface area (Å²) >= 11 is 0. The highest BCUT2D eigenvalue weighted by atomic mass is 31.1. The summed E-state index contributed by atoms with van der Waals surface area (Å²) in [4.78, 5) is 5.26. The second kappa shape index (κ2) is 13.1. The summed E-state index contributed by atoms with van der Waals surface area (Å²) in [5.74, 6) is 0.745. The maximum Gasteiger partial charge on any atom is 0.216 e. The highest BCUT2D eigenvalue weighted by Gasteiger charge is 2.41. The van der Waals surface area contributed by atoms with Crippen LogP contribution in [0, 0.1) is 5.92 Å². The largest absolute Gasteiger partial charge is 0.472 e. The second-order valence-corrected chi connectivity index (χ2v) is 12.2. The van der Waals surface area contributed by atoms with Gasteiger partial charge in [0, 0.05) is 22.1 Å². The van der Waals surface area contributed by atoms with Crippen molar-refractivity contribution in [1.82, 2.24) is 0 Å². The van der Waals surface area contributed by atoms with Crippen LogP contribution in [0.2, 0.25) is 0 Å². The molecule has 1 aliphatic heterocycles. The van der Waals surface area contributed by atoms with Crippen molar-refractivity contribution in [3.63, 3.8) is 0 Å². The Morgan fingerprint density at radius 2 is 1.15 bits per heavy atom. The summed E-state index contributed by atoms with van der Waals surface area (Å²) in [7, 11) is -1.09. The molecule has 5 aromatic rings. The van der Waals surface area contributed by atoms with E-state index in [9.17, 15) is 0 Å². The molecule has 3 nitrogen and oxygen atoms in total. The highest BCUT2D eigenvalue weighted by Crippen LogP contribution is 2.47. The average Bonchev–Trinajstić information content (AvgIpc) is 3.44. The summed E-state index contributed by atoms with van der Waals surface area (Å²) < 4.78 is 13.8. The number of benzene rings is 5. The molecule has 204 valence electrons. The van der Waals surface area contributed by atoms with Gasteiger partial charge in [0.15, 0.2) is 0 Å². The molecule has 6 rings (SSSR count). The minimum Gasteiger partial charge on any atom is -0.472 e. The second-order valence-electron chi connectivity index (χ2n) is 10.4. The molecule has 0 N–H and O–H groups in total. The van der Waals surface area contributed by atoms with Crippen molar-refractivity contribution in [2.45, 2.75) is 31.6 Å². The molecule has 1 heterocycles. The SMILES string of the molecule is C[C@H]1OC(c2ccccc2)=N[C@H]1C(Cc1ccccc1)C(OP(c1ccccc1)c1ccccc1)c1ccccc1. The van der Waals surface area contributed by atoms with Crippen molar-refractivity contribution in [2.24, 2.45) is 10.9 Å². The van der Waals surface area contributed by atoms with E-state index in [0.29, 0.717) is 5.90 Å². The minimum absolute atomic E-state index is 0.0356. The fraction of sp³-hybridized carbons (Fsp3) is 0.162. The lowest BCUT2D eigenvalue weighted by atomic mass is 9.82. The maximum atomic E-state index is 7.38. The van der Waals surface area contributed by atoms with Crippen LogP contribution in [-0.4, -0.2) is 18.0 Å². The van der Waals surface area contributed by atoms with E-state index in [1.165, 1.54) is 16.2 Å². The number of rotatable bonds is 10. The van der Waals surface area contributed by atoms with Crippen LogP contribution in [0.3, 0.4) is 0 Å². The van der Waals surface area contributed by atoms with E-state index in [4.69, 9.17) is 14.3 Å². The van der Waals surface area contributed by atoms with Crippen LogP contribution in [0.15, 0.2) is 157 Å². The van der Waals surface area contributed by atoms with Crippen LogP contribution in [0.4, 0.5) is 0 Å². The van der Waals surface area contributed by atoms with Crippen molar-refractivity contribution >= 4 is 24.7 Å². The van der Waals surface area contributed by atoms with Gasteiger partial charge in [-0.3, -0.25) is 0 Å². The Labute approximate surface area is 244 Å². The molecule has 0 amide bonds. The van der Waals surface area contributed by atoms with Gasteiger partial charge in [-0.05, 0) is 36.6 Å². The van der Waals surface area contributed by atoms with Gasteiger partial charge in [0.05, 0.1) is 20.3 Å². The number of ether oxygens (including phenoxy) is 1. The summed E-state index contributed by atoms with van der Waals surface area (Å²) in [6.45, 7) is 2.14. The zero-order valence-corrected chi connectivity index (χ0v) is 24.1. The molecule has 0 saturated carbocycles. The smallest absolute Gasteiger partial charge is 0.216 e. The first-order valence-electron chi connectivity index (χ1n) is 14.2. The molecular formula is C37H34NO2P. The lowest BCUT2D eigenvalue weighted by Gasteiger charge is -2.35. The Morgan fingerprint density at radius 1 is 0.659 bits per heavy atom. The van der Waals surface area contributed by atoms with Crippen molar-refractivity contribution in [3.05, 3.63) is 168 Å². The van der Waals surface area contributed by atoms with Crippen molar-refractivity contribution in [3.8, 4) is 0 Å². The normalized spacial score (nSPS) is 18.0. The van der Waals surface area contributed by atoms with Crippen LogP contribution in [0.25, 0.3) is 0 Å². The molecule has 2 unspecified atom stereocenters. The standard InChI is InChI=1S/C37H34NO2P/c1-28-35(38-37(39-28)31-21-11-4-12-22-31)34(27-29-17-7-2-8-18-29)36(30-19-9-3-10-20-30)40-41(32-23-13-5-14-24-32)33-25-15-6-16-26-33/h2-26,28,34-36H,27H2,1H3/t28-,34?,35-,36?/m1/s1. The van der Waals surface area contributed by atoms with Gasteiger partial charge in [-0.2, -0.15) is 0 Å². The zero-order valence-electron chi connectivity index (χ0n) is 23.2. The van der Waals surface area contributed by atoms with Gasteiger partial charge in [-0.25, -0.2) is 4.99 Å². The highest BCUT2D eigenvalue weighted by molar-refractivity contribution is 7.68. The summed E-state index contributed by atoms with van der Waals surface area (Å²) in [5.41, 5.74) is 3.43. The van der Waals surface area contributed by atoms with E-state index in [0.717, 1.165) is 17.5 Å². The lowest BCUT2D eigenvalue weighted by molar-refractivity contribution is 0.0969. The van der Waals surface area contributed by atoms with Crippen LogP contribution >= 0.6 is 8.15 Å². The Balaban J connectivity index is 1.46. The van der Waals surface area contributed by atoms with Gasteiger partial charge >= 0.3 is 0 Å². The van der Waals surface area contributed by atoms with Gasteiger partial charge < -0.3 is 9.26 Å². The molecule has 4 atom stereocenters. The fourth-order valence-corrected chi connectivity index (χ4v) is 7.45. The third kappa shape index (κ3) is 6.49. The average molecular weight is 556 g/mol. The first kappa shape index (κ1) is 27.1. The van der Waals surface area contributed by atoms with Gasteiger partial charge in [-0.15, -0.1) is 0 Å². The predicted molar refractivity (Wildman–Crippen MR) is 170 cm³/mol. The lowest BCUT2D eigenvalue weighted by Crippen LogP contribution is -2.35. The van der Waals surface area contributed by atoms with E-state index < -0.39 is 8.15 Å². The van der Waals surface area contributed by atoms with Gasteiger partial charge in [0.25, 0.3) is 0 Å². The molecule has 1 aliphatic rings. The Hall–Kier alpha value is -4.04. The molecular weight excluding hydrogens is 521 g/mol. The van der Waals surface area contributed by atoms with Crippen LogP contribution < -0.4 is 10.6 Å². The van der Waals surface area contributed by atoms with E-state index in [2.05, 4.69) is 140 Å². The van der Waals surface area contributed by atoms with Crippen molar-refractivity contribution in [2.75, 3.05) is 0 Å². The summed E-state index contributed by atoms with van der Waals surface area (Å²) in [6.07, 6.45) is 0.517. The maximum absolute atomic E-state index is 7.38. The Bertz CT molecular complexity index is 1490. The predicted octanol–water partition coefficient (Wildman–Crippen LogP) is 7.89. The number of hydrogen-bond donors (Lipinski definition) is 0. The minimum atomic E-state index is -1.09. The first-order valence-corrected chi connectivity index (χ1v) is 15.5. The van der Waals surface area contributed by atoms with Crippen LogP contribution in [-0.2, 0) is 15.7 Å². The van der Waals surface area contributed by atoms with Gasteiger partial charge in [-0.1, -0.05) is 140 Å². The molecule has 0 radical (unpaired) electrons. The molecule has 0 aromatic heterocycles. The zero-order chi connectivity index (χ0) is 27.9. The molecule has 41 heavy (non-hydrogen) atoms. The molecule has 0 fully saturated rings. The van der Waals surface area contributed by atoms with Gasteiger partial charge in [0.2, 0.25) is 5.90 Å². The number of hydrogen-bond acceptors (Lipinski definition) is 3. The topological polar surface area (TPSA) is 30.8 Å². The monoisotopic (exact) mass is 555 g/mol. The first-order chi connectivity index (χ1) is 20.3. The fourth-order valence-electron chi connectivity index (χ4n) is 5.52. The molecule has 4 heteroatoms. The molecule has 0 saturated heterocycles. The molecule has 5 aromatic carbocycles. The number of nitrogens with zero attached hydrogens (tertiary/aromatic N) is 1. The Morgan fingerprint density at radius 3 is 1.71 bits per heavy atom. The van der Waals surface area contributed by atoms with Crippen LogP contribution in [0.5, 0.6) is 0 Å². The van der Waals surface area contributed by atoms with Crippen molar-refractivity contribution < 1.29 is 9.26 Å². The summed E-state index contributed by atoms with van der Waals surface area (Å²) in [5, 5.41) is 2.38. The Kier molecular flexibility index (Phi) is 8.66. The third-order valence-electron chi connectivity index (χ3n) is 7.54. The van der Waals surface area contributed by atoms with E-state index >= 15 is 0 Å². The van der Waals surface area contributed by atoms with Gasteiger partial charge in [0.1, 0.15) is 6.10 Å². The van der Waals surface area contributed by atoms with Crippen molar-refractivity contribution in [1.29, 1.82) is 0 Å². The van der Waals surface area contributed by atoms with E-state index in [-0.39, 0.29) is 24.2 Å². The summed E-state index contributed by atoms with van der Waals surface area (Å²) in [6, 6.07) is 52.7. The number of aliphatic imine (C=N–C) groups is 1. The molecule has 0 bridgehead atoms. The quantitative estimate of drug-likeness (QED) is 0.164. The van der Waals surface area contributed by atoms with E-state index in [1.807, 2.05) is 18.2 Å². The molecule has 0 aliphatic carbocycles. The van der Waals surface area contributed by atoms with Crippen LogP contribution in [0.1, 0.15) is 29.7 Å². The third-order valence-corrected chi connectivity index (χ3v) is 9.51. The molecule has 0 spiro atoms.